The van der Waals surface area contributed by atoms with Gasteiger partial charge in [0.15, 0.2) is 5.69 Å². The van der Waals surface area contributed by atoms with Crippen LogP contribution in [0, 0.1) is 10.1 Å². The highest BCUT2D eigenvalue weighted by molar-refractivity contribution is 5.58. The minimum absolute atomic E-state index is 0.118. The van der Waals surface area contributed by atoms with Crippen molar-refractivity contribution in [3.05, 3.63) is 52.6 Å². The maximum atomic E-state index is 10.8. The monoisotopic (exact) mass is 273 g/mol. The predicted molar refractivity (Wildman–Crippen MR) is 71.9 cm³/mol. The van der Waals surface area contributed by atoms with E-state index in [2.05, 4.69) is 10.2 Å². The standard InChI is InChI=1S/C13H11N3O4/c1-20-9-6-7-11(13(17)8-9)15-14-10-4-2-3-5-12(10)16(18)19/h2-8,17H,1H3. The van der Waals surface area contributed by atoms with Crippen molar-refractivity contribution in [2.45, 2.75) is 0 Å². The van der Waals surface area contributed by atoms with Crippen LogP contribution in [0.4, 0.5) is 17.1 Å². The molecule has 0 atom stereocenters. The fourth-order valence-electron chi connectivity index (χ4n) is 1.53. The molecule has 0 amide bonds. The van der Waals surface area contributed by atoms with Gasteiger partial charge in [-0.15, -0.1) is 10.2 Å². The lowest BCUT2D eigenvalue weighted by atomic mass is 10.3. The molecule has 0 saturated carbocycles. The van der Waals surface area contributed by atoms with Crippen molar-refractivity contribution in [3.8, 4) is 11.5 Å². The molecule has 2 aromatic rings. The summed E-state index contributed by atoms with van der Waals surface area (Å²) in [7, 11) is 1.48. The molecular formula is C13H11N3O4. The van der Waals surface area contributed by atoms with Gasteiger partial charge in [-0.05, 0) is 18.2 Å². The van der Waals surface area contributed by atoms with E-state index in [0.717, 1.165) is 0 Å². The Morgan fingerprint density at radius 3 is 2.50 bits per heavy atom. The maximum absolute atomic E-state index is 10.8. The first kappa shape index (κ1) is 13.5. The highest BCUT2D eigenvalue weighted by Crippen LogP contribution is 2.33. The molecule has 7 nitrogen and oxygen atoms in total. The molecule has 0 aliphatic heterocycles. The van der Waals surface area contributed by atoms with E-state index in [1.54, 1.807) is 18.2 Å². The molecule has 0 bridgehead atoms. The number of nitro benzene ring substituents is 1. The SMILES string of the molecule is COc1ccc(N=Nc2ccccc2[N+](=O)[O-])c(O)c1. The molecule has 0 radical (unpaired) electrons. The number of methoxy groups -OCH3 is 1. The third-order valence-corrected chi connectivity index (χ3v) is 2.53. The highest BCUT2D eigenvalue weighted by atomic mass is 16.6. The van der Waals surface area contributed by atoms with Crippen molar-refractivity contribution in [2.24, 2.45) is 10.2 Å². The minimum Gasteiger partial charge on any atom is -0.505 e. The number of nitro groups is 1. The Kier molecular flexibility index (Phi) is 3.90. The summed E-state index contributed by atoms with van der Waals surface area (Å²) in [6.45, 7) is 0. The van der Waals surface area contributed by atoms with E-state index >= 15 is 0 Å². The van der Waals surface area contributed by atoms with E-state index in [1.165, 1.54) is 31.4 Å². The van der Waals surface area contributed by atoms with Gasteiger partial charge in [-0.1, -0.05) is 12.1 Å². The zero-order valence-corrected chi connectivity index (χ0v) is 10.6. The average molecular weight is 273 g/mol. The third-order valence-electron chi connectivity index (χ3n) is 2.53. The number of hydrogen-bond acceptors (Lipinski definition) is 6. The number of rotatable bonds is 4. The van der Waals surface area contributed by atoms with Gasteiger partial charge in [-0.2, -0.15) is 0 Å². The molecule has 2 aromatic carbocycles. The zero-order valence-electron chi connectivity index (χ0n) is 10.6. The Labute approximate surface area is 114 Å². The number of aromatic hydroxyl groups is 1. The first-order valence-electron chi connectivity index (χ1n) is 5.64. The first-order valence-corrected chi connectivity index (χ1v) is 5.64. The molecule has 102 valence electrons. The van der Waals surface area contributed by atoms with Crippen molar-refractivity contribution in [1.82, 2.24) is 0 Å². The van der Waals surface area contributed by atoms with Crippen molar-refractivity contribution in [2.75, 3.05) is 7.11 Å². The molecule has 0 fully saturated rings. The molecule has 0 unspecified atom stereocenters. The van der Waals surface area contributed by atoms with E-state index in [-0.39, 0.29) is 22.8 Å². The molecule has 0 aromatic heterocycles. The van der Waals surface area contributed by atoms with Gasteiger partial charge in [0.05, 0.1) is 12.0 Å². The Hall–Kier alpha value is -2.96. The molecule has 7 heteroatoms. The number of azo groups is 1. The van der Waals surface area contributed by atoms with Crippen molar-refractivity contribution < 1.29 is 14.8 Å². The number of ether oxygens (including phenoxy) is 1. The number of para-hydroxylation sites is 1. The second kappa shape index (κ2) is 5.79. The summed E-state index contributed by atoms with van der Waals surface area (Å²) < 4.78 is 4.94. The molecule has 20 heavy (non-hydrogen) atoms. The van der Waals surface area contributed by atoms with Crippen LogP contribution >= 0.6 is 0 Å². The summed E-state index contributed by atoms with van der Waals surface area (Å²) in [6.07, 6.45) is 0. The first-order chi connectivity index (χ1) is 9.61. The molecule has 2 rings (SSSR count). The lowest BCUT2D eigenvalue weighted by molar-refractivity contribution is -0.384. The second-order valence-electron chi connectivity index (χ2n) is 3.80. The Bertz CT molecular complexity index is 670. The fraction of sp³-hybridized carbons (Fsp3) is 0.0769. The van der Waals surface area contributed by atoms with Crippen LogP contribution in [0.15, 0.2) is 52.7 Å². The van der Waals surface area contributed by atoms with Gasteiger partial charge in [0.2, 0.25) is 0 Å². The second-order valence-corrected chi connectivity index (χ2v) is 3.80. The Morgan fingerprint density at radius 1 is 1.15 bits per heavy atom. The molecule has 0 saturated heterocycles. The van der Waals surface area contributed by atoms with E-state index < -0.39 is 4.92 Å². The number of nitrogens with zero attached hydrogens (tertiary/aromatic N) is 3. The molecule has 0 aliphatic rings. The van der Waals surface area contributed by atoms with Crippen LogP contribution in [0.3, 0.4) is 0 Å². The predicted octanol–water partition coefficient (Wildman–Crippen LogP) is 3.72. The highest BCUT2D eigenvalue weighted by Gasteiger charge is 2.11. The Balaban J connectivity index is 2.32. The third kappa shape index (κ3) is 2.89. The van der Waals surface area contributed by atoms with Crippen LogP contribution in [0.25, 0.3) is 0 Å². The van der Waals surface area contributed by atoms with Crippen LogP contribution < -0.4 is 4.74 Å². The molecule has 0 aliphatic carbocycles. The van der Waals surface area contributed by atoms with Crippen LogP contribution in [-0.2, 0) is 0 Å². The van der Waals surface area contributed by atoms with Gasteiger partial charge in [0, 0.05) is 12.1 Å². The fourth-order valence-corrected chi connectivity index (χ4v) is 1.53. The van der Waals surface area contributed by atoms with E-state index in [1.807, 2.05) is 0 Å². The van der Waals surface area contributed by atoms with Crippen LogP contribution in [0.5, 0.6) is 11.5 Å². The van der Waals surface area contributed by atoms with E-state index in [0.29, 0.717) is 5.75 Å². The Morgan fingerprint density at radius 2 is 1.85 bits per heavy atom. The van der Waals surface area contributed by atoms with Crippen molar-refractivity contribution in [3.63, 3.8) is 0 Å². The van der Waals surface area contributed by atoms with Crippen LogP contribution in [0.1, 0.15) is 0 Å². The minimum atomic E-state index is -0.539. The van der Waals surface area contributed by atoms with Crippen molar-refractivity contribution >= 4 is 17.1 Å². The van der Waals surface area contributed by atoms with Gasteiger partial charge >= 0.3 is 0 Å². The lowest BCUT2D eigenvalue weighted by Gasteiger charge is -2.02. The van der Waals surface area contributed by atoms with Gasteiger partial charge < -0.3 is 9.84 Å². The summed E-state index contributed by atoms with van der Waals surface area (Å²) in [4.78, 5) is 10.3. The number of hydrogen-bond donors (Lipinski definition) is 1. The summed E-state index contributed by atoms with van der Waals surface area (Å²) in [5.74, 6) is 0.360. The molecule has 0 spiro atoms. The summed E-state index contributed by atoms with van der Waals surface area (Å²) >= 11 is 0. The molecule has 0 heterocycles. The maximum Gasteiger partial charge on any atom is 0.296 e. The average Bonchev–Trinajstić information content (AvgIpc) is 2.46. The van der Waals surface area contributed by atoms with Gasteiger partial charge in [-0.3, -0.25) is 10.1 Å². The zero-order chi connectivity index (χ0) is 14.5. The number of phenols is 1. The van der Waals surface area contributed by atoms with Crippen LogP contribution in [-0.4, -0.2) is 17.1 Å². The van der Waals surface area contributed by atoms with Crippen LogP contribution in [0.2, 0.25) is 0 Å². The van der Waals surface area contributed by atoms with Gasteiger partial charge in [-0.25, -0.2) is 0 Å². The largest absolute Gasteiger partial charge is 0.505 e. The summed E-state index contributed by atoms with van der Waals surface area (Å²) in [5, 5.41) is 28.1. The quantitative estimate of drug-likeness (QED) is 0.521. The smallest absolute Gasteiger partial charge is 0.296 e. The van der Waals surface area contributed by atoms with Gasteiger partial charge in [0.1, 0.15) is 17.2 Å². The molecular weight excluding hydrogens is 262 g/mol. The summed E-state index contributed by atoms with van der Waals surface area (Å²) in [6, 6.07) is 10.5. The van der Waals surface area contributed by atoms with E-state index in [4.69, 9.17) is 4.74 Å². The van der Waals surface area contributed by atoms with Crippen molar-refractivity contribution in [1.29, 1.82) is 0 Å². The lowest BCUT2D eigenvalue weighted by Crippen LogP contribution is -1.87. The van der Waals surface area contributed by atoms with Gasteiger partial charge in [0.25, 0.3) is 5.69 Å². The van der Waals surface area contributed by atoms with E-state index in [9.17, 15) is 15.2 Å². The summed E-state index contributed by atoms with van der Waals surface area (Å²) in [5.41, 5.74) is 0.168. The number of phenolic OH excluding ortho intramolecular Hbond substituents is 1. The molecule has 1 N–H and O–H groups in total. The normalized spacial score (nSPS) is 10.7. The topological polar surface area (TPSA) is 97.3 Å². The number of benzene rings is 2.